The average molecular weight is 307 g/mol. The van der Waals surface area contributed by atoms with E-state index in [1.807, 2.05) is 37.3 Å². The number of carbonyl (C=O) groups is 1. The van der Waals surface area contributed by atoms with Crippen LogP contribution in [0.3, 0.4) is 0 Å². The van der Waals surface area contributed by atoms with Crippen LogP contribution >= 0.6 is 0 Å². The van der Waals surface area contributed by atoms with E-state index >= 15 is 0 Å². The molecule has 0 saturated heterocycles. The lowest BCUT2D eigenvalue weighted by Crippen LogP contribution is -2.41. The Bertz CT molecular complexity index is 777. The highest BCUT2D eigenvalue weighted by molar-refractivity contribution is 5.89. The fourth-order valence-corrected chi connectivity index (χ4v) is 2.93. The molecule has 1 aliphatic rings. The topological polar surface area (TPSA) is 49.8 Å². The molecule has 3 rings (SSSR count). The summed E-state index contributed by atoms with van der Waals surface area (Å²) in [7, 11) is 0. The number of ether oxygens (including phenoxy) is 1. The van der Waals surface area contributed by atoms with Gasteiger partial charge in [-0.15, -0.1) is 6.42 Å². The first kappa shape index (κ1) is 15.0. The summed E-state index contributed by atoms with van der Waals surface area (Å²) in [5, 5.41) is 9.51. The fraction of sp³-hybridized carbons (Fsp3) is 0.211. The third-order valence-corrected chi connectivity index (χ3v) is 4.07. The average Bonchev–Trinajstić information content (AvgIpc) is 2.55. The number of hydrogen-bond acceptors (Lipinski definition) is 2. The van der Waals surface area contributed by atoms with Crippen LogP contribution in [-0.2, 0) is 6.42 Å². The molecule has 1 atom stereocenters. The van der Waals surface area contributed by atoms with E-state index in [2.05, 4.69) is 5.92 Å². The number of benzene rings is 2. The normalized spacial score (nSPS) is 16.3. The number of amides is 1. The standard InChI is InChI=1S/C19H17NO3/c1-3-14-10-12-17-16(11-9-13(2)20(17)19(21)22)18(14)23-15-7-5-4-6-8-15/h1,4-8,10,12-13H,9,11H2,2H3,(H,21,22)/t13-/m0/s1. The first-order chi connectivity index (χ1) is 11.1. The van der Waals surface area contributed by atoms with Crippen molar-refractivity contribution in [2.45, 2.75) is 25.8 Å². The van der Waals surface area contributed by atoms with Crippen LogP contribution in [0.25, 0.3) is 0 Å². The number of para-hydroxylation sites is 1. The number of nitrogens with zero attached hydrogens (tertiary/aromatic N) is 1. The van der Waals surface area contributed by atoms with Gasteiger partial charge in [0, 0.05) is 11.6 Å². The molecule has 2 aromatic carbocycles. The molecule has 0 saturated carbocycles. The van der Waals surface area contributed by atoms with Crippen LogP contribution in [-0.4, -0.2) is 17.2 Å². The van der Waals surface area contributed by atoms with E-state index in [4.69, 9.17) is 11.2 Å². The maximum atomic E-state index is 11.6. The second-order valence-electron chi connectivity index (χ2n) is 5.54. The summed E-state index contributed by atoms with van der Waals surface area (Å²) in [6, 6.07) is 12.8. The predicted molar refractivity (Wildman–Crippen MR) is 89.2 cm³/mol. The van der Waals surface area contributed by atoms with Gasteiger partial charge in [0.15, 0.2) is 0 Å². The van der Waals surface area contributed by atoms with Gasteiger partial charge in [0.1, 0.15) is 11.5 Å². The molecule has 0 aromatic heterocycles. The molecule has 4 nitrogen and oxygen atoms in total. The largest absolute Gasteiger partial charge is 0.465 e. The van der Waals surface area contributed by atoms with Crippen molar-refractivity contribution in [3.63, 3.8) is 0 Å². The van der Waals surface area contributed by atoms with Crippen molar-refractivity contribution in [2.24, 2.45) is 0 Å². The van der Waals surface area contributed by atoms with Crippen LogP contribution in [0.15, 0.2) is 42.5 Å². The van der Waals surface area contributed by atoms with E-state index in [9.17, 15) is 9.90 Å². The van der Waals surface area contributed by atoms with Crippen molar-refractivity contribution in [3.8, 4) is 23.8 Å². The van der Waals surface area contributed by atoms with Crippen molar-refractivity contribution in [3.05, 3.63) is 53.6 Å². The Morgan fingerprint density at radius 3 is 2.70 bits per heavy atom. The third-order valence-electron chi connectivity index (χ3n) is 4.07. The lowest BCUT2D eigenvalue weighted by atomic mass is 9.94. The minimum absolute atomic E-state index is 0.0683. The zero-order valence-corrected chi connectivity index (χ0v) is 12.8. The van der Waals surface area contributed by atoms with Gasteiger partial charge in [-0.3, -0.25) is 4.90 Å². The van der Waals surface area contributed by atoms with Gasteiger partial charge in [0.25, 0.3) is 0 Å². The SMILES string of the molecule is C#Cc1ccc2c(c1Oc1ccccc1)CC[C@H](C)N2C(=O)O. The Kier molecular flexibility index (Phi) is 3.94. The van der Waals surface area contributed by atoms with Crippen molar-refractivity contribution in [1.82, 2.24) is 0 Å². The van der Waals surface area contributed by atoms with Crippen LogP contribution in [0.1, 0.15) is 24.5 Å². The molecule has 23 heavy (non-hydrogen) atoms. The molecule has 2 aromatic rings. The molecule has 0 radical (unpaired) electrons. The maximum absolute atomic E-state index is 11.6. The van der Waals surface area contributed by atoms with E-state index in [-0.39, 0.29) is 6.04 Å². The molecule has 1 aliphatic heterocycles. The minimum Gasteiger partial charge on any atom is -0.465 e. The quantitative estimate of drug-likeness (QED) is 0.842. The van der Waals surface area contributed by atoms with Crippen molar-refractivity contribution >= 4 is 11.8 Å². The summed E-state index contributed by atoms with van der Waals surface area (Å²) in [5.74, 6) is 3.89. The van der Waals surface area contributed by atoms with E-state index in [1.165, 1.54) is 4.90 Å². The van der Waals surface area contributed by atoms with Gasteiger partial charge in [-0.25, -0.2) is 4.79 Å². The number of fused-ring (bicyclic) bond motifs is 1. The summed E-state index contributed by atoms with van der Waals surface area (Å²) in [5.41, 5.74) is 2.14. The summed E-state index contributed by atoms with van der Waals surface area (Å²) in [4.78, 5) is 13.0. The highest BCUT2D eigenvalue weighted by Gasteiger charge is 2.31. The molecule has 4 heteroatoms. The predicted octanol–water partition coefficient (Wildman–Crippen LogP) is 4.28. The molecule has 1 heterocycles. The summed E-state index contributed by atoms with van der Waals surface area (Å²) in [6.45, 7) is 1.91. The second-order valence-corrected chi connectivity index (χ2v) is 5.54. The molecule has 116 valence electrons. The highest BCUT2D eigenvalue weighted by atomic mass is 16.5. The number of hydrogen-bond donors (Lipinski definition) is 1. The Hall–Kier alpha value is -2.93. The highest BCUT2D eigenvalue weighted by Crippen LogP contribution is 2.40. The van der Waals surface area contributed by atoms with Gasteiger partial charge in [0.05, 0.1) is 11.3 Å². The summed E-state index contributed by atoms with van der Waals surface area (Å²) < 4.78 is 6.00. The van der Waals surface area contributed by atoms with Crippen LogP contribution in [0.2, 0.25) is 0 Å². The smallest absolute Gasteiger partial charge is 0.412 e. The number of anilines is 1. The van der Waals surface area contributed by atoms with E-state index in [0.29, 0.717) is 22.7 Å². The molecule has 0 spiro atoms. The van der Waals surface area contributed by atoms with Gasteiger partial charge in [-0.05, 0) is 44.0 Å². The van der Waals surface area contributed by atoms with E-state index < -0.39 is 6.09 Å². The molecule has 0 unspecified atom stereocenters. The van der Waals surface area contributed by atoms with Gasteiger partial charge >= 0.3 is 6.09 Å². The first-order valence-electron chi connectivity index (χ1n) is 7.49. The Morgan fingerprint density at radius 1 is 1.30 bits per heavy atom. The molecule has 0 fully saturated rings. The lowest BCUT2D eigenvalue weighted by Gasteiger charge is -2.34. The number of rotatable bonds is 2. The van der Waals surface area contributed by atoms with Gasteiger partial charge in [-0.1, -0.05) is 24.1 Å². The molecule has 1 N–H and O–H groups in total. The summed E-state index contributed by atoms with van der Waals surface area (Å²) in [6.07, 6.45) is 6.11. The fourth-order valence-electron chi connectivity index (χ4n) is 2.93. The Labute approximate surface area is 135 Å². The lowest BCUT2D eigenvalue weighted by molar-refractivity contribution is 0.198. The van der Waals surface area contributed by atoms with Crippen molar-refractivity contribution in [2.75, 3.05) is 4.90 Å². The molecule has 1 amide bonds. The van der Waals surface area contributed by atoms with Crippen LogP contribution < -0.4 is 9.64 Å². The Morgan fingerprint density at radius 2 is 2.04 bits per heavy atom. The van der Waals surface area contributed by atoms with Crippen LogP contribution in [0.5, 0.6) is 11.5 Å². The van der Waals surface area contributed by atoms with E-state index in [1.54, 1.807) is 12.1 Å². The zero-order valence-electron chi connectivity index (χ0n) is 12.8. The first-order valence-corrected chi connectivity index (χ1v) is 7.49. The molecule has 0 aliphatic carbocycles. The molecular formula is C19H17NO3. The third kappa shape index (κ3) is 2.74. The molecular weight excluding hydrogens is 290 g/mol. The zero-order chi connectivity index (χ0) is 16.4. The van der Waals surface area contributed by atoms with Gasteiger partial charge in [0.2, 0.25) is 0 Å². The van der Waals surface area contributed by atoms with E-state index in [0.717, 1.165) is 18.4 Å². The Balaban J connectivity index is 2.12. The van der Waals surface area contributed by atoms with Crippen molar-refractivity contribution < 1.29 is 14.6 Å². The number of terminal acetylenes is 1. The summed E-state index contributed by atoms with van der Waals surface area (Å²) >= 11 is 0. The van der Waals surface area contributed by atoms with Gasteiger partial charge < -0.3 is 9.84 Å². The monoisotopic (exact) mass is 307 g/mol. The van der Waals surface area contributed by atoms with Gasteiger partial charge in [-0.2, -0.15) is 0 Å². The maximum Gasteiger partial charge on any atom is 0.412 e. The minimum atomic E-state index is -0.961. The van der Waals surface area contributed by atoms with Crippen LogP contribution in [0.4, 0.5) is 10.5 Å². The van der Waals surface area contributed by atoms with Crippen LogP contribution in [0, 0.1) is 12.3 Å². The van der Waals surface area contributed by atoms with Crippen molar-refractivity contribution in [1.29, 1.82) is 0 Å². The second kappa shape index (κ2) is 6.05. The number of carboxylic acid groups (broad SMARTS) is 1. The molecule has 0 bridgehead atoms.